The highest BCUT2D eigenvalue weighted by atomic mass is 19.1. The molecule has 2 aliphatic heterocycles. The van der Waals surface area contributed by atoms with Gasteiger partial charge in [-0.2, -0.15) is 0 Å². The van der Waals surface area contributed by atoms with E-state index >= 15 is 4.39 Å². The van der Waals surface area contributed by atoms with Crippen molar-refractivity contribution in [3.8, 4) is 5.75 Å². The molecule has 5 aromatic rings. The molecule has 2 aliphatic rings. The molecule has 0 bridgehead atoms. The van der Waals surface area contributed by atoms with Gasteiger partial charge >= 0.3 is 0 Å². The Morgan fingerprint density at radius 1 is 1.04 bits per heavy atom. The average molecular weight is 704 g/mol. The number of amides is 2. The van der Waals surface area contributed by atoms with Gasteiger partial charge in [-0.3, -0.25) is 14.3 Å². The van der Waals surface area contributed by atoms with E-state index in [1.54, 1.807) is 67.1 Å². The molecule has 1 saturated heterocycles. The highest BCUT2D eigenvalue weighted by Crippen LogP contribution is 2.58. The lowest BCUT2D eigenvalue weighted by Crippen LogP contribution is -2.45. The fourth-order valence-electron chi connectivity index (χ4n) is 7.92. The van der Waals surface area contributed by atoms with Gasteiger partial charge in [0.1, 0.15) is 23.2 Å². The van der Waals surface area contributed by atoms with Crippen molar-refractivity contribution in [1.29, 1.82) is 0 Å². The van der Waals surface area contributed by atoms with Crippen LogP contribution in [0.1, 0.15) is 66.0 Å². The molecule has 1 aromatic heterocycles. The van der Waals surface area contributed by atoms with E-state index in [2.05, 4.69) is 15.6 Å². The van der Waals surface area contributed by atoms with Gasteiger partial charge in [0.15, 0.2) is 5.60 Å². The Kier molecular flexibility index (Phi) is 9.41. The van der Waals surface area contributed by atoms with Gasteiger partial charge in [0.05, 0.1) is 31.6 Å². The van der Waals surface area contributed by atoms with Crippen molar-refractivity contribution in [2.75, 3.05) is 17.3 Å². The minimum absolute atomic E-state index is 0.222. The summed E-state index contributed by atoms with van der Waals surface area (Å²) in [5.41, 5.74) is 1.35. The number of aliphatic hydroxyl groups excluding tert-OH is 1. The number of carbonyl (C=O) groups is 2. The number of anilines is 2. The Bertz CT molecular complexity index is 2060. The summed E-state index contributed by atoms with van der Waals surface area (Å²) in [6.07, 6.45) is 0.518. The number of aliphatic hydroxyl groups is 1. The Morgan fingerprint density at radius 3 is 2.50 bits per heavy atom. The Hall–Kier alpha value is -5.39. The van der Waals surface area contributed by atoms with E-state index in [0.29, 0.717) is 52.5 Å². The number of para-hydroxylation sites is 1. The maximum absolute atomic E-state index is 16.2. The second-order valence-electron chi connectivity index (χ2n) is 14.1. The molecular weight excluding hydrogens is 661 g/mol. The zero-order valence-corrected chi connectivity index (χ0v) is 29.6. The number of alkyl halides is 1. The number of hydrogen-bond donors (Lipinski definition) is 2. The van der Waals surface area contributed by atoms with Gasteiger partial charge in [0.2, 0.25) is 0 Å². The van der Waals surface area contributed by atoms with Crippen LogP contribution in [0.4, 0.5) is 15.8 Å². The number of aromatic nitrogens is 3. The first kappa shape index (κ1) is 35.0. The molecule has 7 rings (SSSR count). The number of nitrogens with zero attached hydrogens (tertiary/aromatic N) is 4. The molecule has 5 atom stereocenters. The largest absolute Gasteiger partial charge is 0.497 e. The van der Waals surface area contributed by atoms with Gasteiger partial charge in [0.25, 0.3) is 11.8 Å². The molecule has 268 valence electrons. The van der Waals surface area contributed by atoms with E-state index in [1.165, 1.54) is 0 Å². The molecule has 0 unspecified atom stereocenters. The molecule has 3 heterocycles. The van der Waals surface area contributed by atoms with Crippen molar-refractivity contribution >= 4 is 23.2 Å². The van der Waals surface area contributed by atoms with Crippen molar-refractivity contribution in [1.82, 2.24) is 15.0 Å². The van der Waals surface area contributed by atoms with Gasteiger partial charge in [-0.05, 0) is 73.9 Å². The number of halogens is 1. The van der Waals surface area contributed by atoms with E-state index < -0.39 is 35.3 Å². The van der Waals surface area contributed by atoms with Gasteiger partial charge < -0.3 is 24.8 Å². The quantitative estimate of drug-likeness (QED) is 0.155. The first-order valence-electron chi connectivity index (χ1n) is 17.4. The number of nitrogens with one attached hydrogen (secondary N) is 1. The molecular formula is C41H42FN5O5. The van der Waals surface area contributed by atoms with Crippen LogP contribution >= 0.6 is 0 Å². The van der Waals surface area contributed by atoms with Crippen LogP contribution < -0.4 is 15.0 Å². The lowest BCUT2D eigenvalue weighted by molar-refractivity contribution is -0.146. The van der Waals surface area contributed by atoms with Crippen LogP contribution in [0.25, 0.3) is 0 Å². The second kappa shape index (κ2) is 14.0. The highest BCUT2D eigenvalue weighted by molar-refractivity contribution is 6.07. The molecule has 4 aromatic carbocycles. The maximum atomic E-state index is 16.2. The third-order valence-corrected chi connectivity index (χ3v) is 10.3. The molecule has 0 aliphatic carbocycles. The van der Waals surface area contributed by atoms with Crippen molar-refractivity contribution in [3.05, 3.63) is 137 Å². The van der Waals surface area contributed by atoms with Gasteiger partial charge in [0, 0.05) is 35.2 Å². The first-order valence-corrected chi connectivity index (χ1v) is 17.4. The van der Waals surface area contributed by atoms with Crippen LogP contribution in [0.2, 0.25) is 0 Å². The summed E-state index contributed by atoms with van der Waals surface area (Å²) in [4.78, 5) is 29.4. The minimum Gasteiger partial charge on any atom is -0.497 e. The minimum atomic E-state index is -1.66. The second-order valence-corrected chi connectivity index (χ2v) is 14.1. The predicted octanol–water partition coefficient (Wildman–Crippen LogP) is 6.85. The summed E-state index contributed by atoms with van der Waals surface area (Å²) >= 11 is 0. The number of hydrogen-bond acceptors (Lipinski definition) is 7. The Labute approximate surface area is 302 Å². The van der Waals surface area contributed by atoms with Crippen LogP contribution in [0, 0.1) is 11.8 Å². The molecule has 0 saturated carbocycles. The maximum Gasteiger partial charge on any atom is 0.264 e. The van der Waals surface area contributed by atoms with Crippen molar-refractivity contribution in [2.45, 2.75) is 63.8 Å². The number of carbonyl (C=O) groups excluding carboxylic acids is 2. The summed E-state index contributed by atoms with van der Waals surface area (Å²) in [5.74, 6) is -0.977. The zero-order valence-electron chi connectivity index (χ0n) is 29.6. The predicted molar refractivity (Wildman–Crippen MR) is 195 cm³/mol. The fourth-order valence-corrected chi connectivity index (χ4v) is 7.92. The Balaban J connectivity index is 1.11. The standard InChI is InChI=1S/C41H42FN5O5/c1-26-36(40(2,3)42)35(21-22-46-25-33(44-45-46)37(48)28-12-6-5-7-13-28)52-41(26)32-15-8-9-16-34(32)47(39(41)50)24-27-11-10-14-30(23-27)43-38(49)29-17-19-31(51-4)20-18-29/h5-20,23,25-26,35-37,48H,21-22,24H2,1-4H3,(H,43,49)/t26-,35+,36-,37-,41+/m1/s1. The fraction of sp³-hybridized carbons (Fsp3) is 0.317. The first-order chi connectivity index (χ1) is 25.0. The smallest absolute Gasteiger partial charge is 0.264 e. The van der Waals surface area contributed by atoms with Crippen LogP contribution in [-0.2, 0) is 28.2 Å². The average Bonchev–Trinajstić information content (AvgIpc) is 3.81. The van der Waals surface area contributed by atoms with Crippen LogP contribution in [-0.4, -0.2) is 50.8 Å². The molecule has 1 spiro atoms. The molecule has 10 nitrogen and oxygen atoms in total. The van der Waals surface area contributed by atoms with E-state index in [-0.39, 0.29) is 18.4 Å². The third kappa shape index (κ3) is 6.46. The van der Waals surface area contributed by atoms with Gasteiger partial charge in [-0.15, -0.1) is 5.10 Å². The van der Waals surface area contributed by atoms with E-state index in [9.17, 15) is 14.7 Å². The van der Waals surface area contributed by atoms with Crippen LogP contribution in [0.15, 0.2) is 109 Å². The van der Waals surface area contributed by atoms with Crippen LogP contribution in [0.5, 0.6) is 5.75 Å². The van der Waals surface area contributed by atoms with E-state index in [0.717, 1.165) is 5.56 Å². The van der Waals surface area contributed by atoms with E-state index in [1.807, 2.05) is 79.7 Å². The molecule has 2 amide bonds. The number of aryl methyl sites for hydroxylation is 1. The summed E-state index contributed by atoms with van der Waals surface area (Å²) in [7, 11) is 1.57. The lowest BCUT2D eigenvalue weighted by atomic mass is 9.71. The number of rotatable bonds is 11. The van der Waals surface area contributed by atoms with Crippen molar-refractivity contribution < 1.29 is 28.6 Å². The topological polar surface area (TPSA) is 119 Å². The number of benzene rings is 4. The van der Waals surface area contributed by atoms with E-state index in [4.69, 9.17) is 9.47 Å². The van der Waals surface area contributed by atoms with Crippen molar-refractivity contribution in [3.63, 3.8) is 0 Å². The summed E-state index contributed by atoms with van der Waals surface area (Å²) in [6.45, 7) is 5.57. The monoisotopic (exact) mass is 703 g/mol. The number of ether oxygens (including phenoxy) is 2. The molecule has 52 heavy (non-hydrogen) atoms. The summed E-state index contributed by atoms with van der Waals surface area (Å²) in [6, 6.07) is 31.0. The van der Waals surface area contributed by atoms with Gasteiger partial charge in [-0.25, -0.2) is 4.39 Å². The molecule has 0 radical (unpaired) electrons. The van der Waals surface area contributed by atoms with Crippen molar-refractivity contribution in [2.24, 2.45) is 11.8 Å². The summed E-state index contributed by atoms with van der Waals surface area (Å²) in [5, 5.41) is 22.2. The zero-order chi connectivity index (χ0) is 36.6. The third-order valence-electron chi connectivity index (χ3n) is 10.3. The lowest BCUT2D eigenvalue weighted by Gasteiger charge is -2.32. The molecule has 2 N–H and O–H groups in total. The van der Waals surface area contributed by atoms with Crippen LogP contribution in [0.3, 0.4) is 0 Å². The molecule has 11 heteroatoms. The SMILES string of the molecule is COc1ccc(C(=O)Nc2cccc(CN3C(=O)[C@@]4(O[C@@H](CCn5cc([C@H](O)c6ccccc6)nn5)[C@H](C(C)(C)F)[C@H]4C)c4ccccc43)c2)cc1. The number of fused-ring (bicyclic) bond motifs is 2. The molecule has 1 fully saturated rings. The summed E-state index contributed by atoms with van der Waals surface area (Å²) < 4.78 is 29.9. The van der Waals surface area contributed by atoms with Gasteiger partial charge in [-0.1, -0.05) is 72.8 Å². The Morgan fingerprint density at radius 2 is 1.77 bits per heavy atom. The highest BCUT2D eigenvalue weighted by Gasteiger charge is 2.66. The number of methoxy groups -OCH3 is 1. The normalized spacial score (nSPS) is 21.7.